The van der Waals surface area contributed by atoms with Crippen molar-refractivity contribution >= 4 is 5.91 Å². The molecule has 27 heavy (non-hydrogen) atoms. The van der Waals surface area contributed by atoms with E-state index in [2.05, 4.69) is 24.1 Å². The van der Waals surface area contributed by atoms with Gasteiger partial charge in [0.05, 0.1) is 27.4 Å². The smallest absolute Gasteiger partial charge is 0.220 e. The molecule has 1 aliphatic rings. The largest absolute Gasteiger partial charge is 0.493 e. The van der Waals surface area contributed by atoms with Gasteiger partial charge in [0, 0.05) is 32.1 Å². The molecule has 1 atom stereocenters. The van der Waals surface area contributed by atoms with Crippen LogP contribution in [0.2, 0.25) is 0 Å². The molecule has 1 heterocycles. The lowest BCUT2D eigenvalue weighted by atomic mass is 10.0. The molecule has 6 nitrogen and oxygen atoms in total. The Kier molecular flexibility index (Phi) is 8.88. The summed E-state index contributed by atoms with van der Waals surface area (Å²) in [4.78, 5) is 14.8. The molecule has 0 radical (unpaired) electrons. The molecular formula is C21H34N2O4. The summed E-state index contributed by atoms with van der Waals surface area (Å²) in [5.74, 6) is 2.08. The molecule has 1 saturated heterocycles. The van der Waals surface area contributed by atoms with Gasteiger partial charge in [-0.3, -0.25) is 9.69 Å². The van der Waals surface area contributed by atoms with Crippen LogP contribution in [0, 0.1) is 5.92 Å². The number of nitrogens with zero attached hydrogens (tertiary/aromatic N) is 1. The molecule has 0 bridgehead atoms. The van der Waals surface area contributed by atoms with Crippen molar-refractivity contribution in [3.8, 4) is 11.5 Å². The van der Waals surface area contributed by atoms with Gasteiger partial charge in [-0.25, -0.2) is 0 Å². The van der Waals surface area contributed by atoms with E-state index in [1.165, 1.54) is 0 Å². The molecule has 1 aliphatic heterocycles. The Morgan fingerprint density at radius 3 is 2.52 bits per heavy atom. The van der Waals surface area contributed by atoms with Crippen molar-refractivity contribution in [2.45, 2.75) is 39.2 Å². The number of hydrogen-bond donors (Lipinski definition) is 1. The maximum absolute atomic E-state index is 12.4. The maximum atomic E-state index is 12.4. The fourth-order valence-corrected chi connectivity index (χ4v) is 3.46. The second-order valence-corrected chi connectivity index (χ2v) is 7.43. The minimum atomic E-state index is 0.0896. The Balaban J connectivity index is 1.83. The van der Waals surface area contributed by atoms with Crippen LogP contribution in [0.15, 0.2) is 18.2 Å². The van der Waals surface area contributed by atoms with Crippen LogP contribution in [0.3, 0.4) is 0 Å². The molecule has 0 spiro atoms. The number of morpholine rings is 1. The van der Waals surface area contributed by atoms with Crippen LogP contribution < -0.4 is 14.8 Å². The first-order valence-corrected chi connectivity index (χ1v) is 9.83. The number of rotatable bonds is 10. The molecule has 0 saturated carbocycles. The molecule has 1 N–H and O–H groups in total. The van der Waals surface area contributed by atoms with Crippen molar-refractivity contribution in [2.24, 2.45) is 5.92 Å². The first-order chi connectivity index (χ1) is 13.0. The van der Waals surface area contributed by atoms with Crippen LogP contribution in [0.25, 0.3) is 0 Å². The second-order valence-electron chi connectivity index (χ2n) is 7.43. The number of carbonyl (C=O) groups is 1. The molecule has 1 aromatic carbocycles. The van der Waals surface area contributed by atoms with Crippen LogP contribution in [-0.2, 0) is 16.0 Å². The summed E-state index contributed by atoms with van der Waals surface area (Å²) in [7, 11) is 3.24. The Labute approximate surface area is 163 Å². The van der Waals surface area contributed by atoms with E-state index in [1.54, 1.807) is 14.2 Å². The average molecular weight is 379 g/mol. The minimum Gasteiger partial charge on any atom is -0.493 e. The molecule has 1 amide bonds. The minimum absolute atomic E-state index is 0.0896. The van der Waals surface area contributed by atoms with Gasteiger partial charge >= 0.3 is 0 Å². The van der Waals surface area contributed by atoms with E-state index in [0.29, 0.717) is 42.8 Å². The van der Waals surface area contributed by atoms with Gasteiger partial charge in [0.2, 0.25) is 5.91 Å². The topological polar surface area (TPSA) is 60.0 Å². The third-order valence-corrected chi connectivity index (χ3v) is 4.93. The van der Waals surface area contributed by atoms with Gasteiger partial charge in [0.15, 0.2) is 11.5 Å². The van der Waals surface area contributed by atoms with Gasteiger partial charge in [0.25, 0.3) is 0 Å². The van der Waals surface area contributed by atoms with Crippen molar-refractivity contribution in [3.05, 3.63) is 23.8 Å². The van der Waals surface area contributed by atoms with Gasteiger partial charge in [-0.1, -0.05) is 19.9 Å². The maximum Gasteiger partial charge on any atom is 0.220 e. The number of nitrogens with one attached hydrogen (secondary N) is 1. The van der Waals surface area contributed by atoms with Crippen LogP contribution in [0.5, 0.6) is 11.5 Å². The standard InChI is InChI=1S/C21H34N2O4/c1-16(2)13-18(23-9-11-27-12-10-23)15-22-21(24)8-6-17-5-7-19(25-3)20(14-17)26-4/h5,7,14,16,18H,6,8-13,15H2,1-4H3,(H,22,24). The molecule has 1 unspecified atom stereocenters. The molecule has 1 aromatic rings. The number of aryl methyl sites for hydroxylation is 1. The SMILES string of the molecule is COc1ccc(CCC(=O)NCC(CC(C)C)N2CCOCC2)cc1OC. The summed E-state index contributed by atoms with van der Waals surface area (Å²) in [5.41, 5.74) is 1.06. The first-order valence-electron chi connectivity index (χ1n) is 9.83. The van der Waals surface area contributed by atoms with E-state index >= 15 is 0 Å². The molecule has 152 valence electrons. The third kappa shape index (κ3) is 7.03. The zero-order chi connectivity index (χ0) is 19.6. The Morgan fingerprint density at radius 2 is 1.89 bits per heavy atom. The van der Waals surface area contributed by atoms with Crippen LogP contribution >= 0.6 is 0 Å². The summed E-state index contributed by atoms with van der Waals surface area (Å²) in [6.45, 7) is 8.60. The number of hydrogen-bond acceptors (Lipinski definition) is 5. The van der Waals surface area contributed by atoms with Gasteiger partial charge in [0.1, 0.15) is 0 Å². The zero-order valence-corrected chi connectivity index (χ0v) is 17.1. The Morgan fingerprint density at radius 1 is 1.19 bits per heavy atom. The summed E-state index contributed by atoms with van der Waals surface area (Å²) in [5, 5.41) is 3.13. The lowest BCUT2D eigenvalue weighted by Crippen LogP contribution is -2.49. The highest BCUT2D eigenvalue weighted by Crippen LogP contribution is 2.27. The van der Waals surface area contributed by atoms with Crippen molar-refractivity contribution in [1.82, 2.24) is 10.2 Å². The lowest BCUT2D eigenvalue weighted by molar-refractivity contribution is -0.121. The predicted molar refractivity (Wildman–Crippen MR) is 107 cm³/mol. The predicted octanol–water partition coefficient (Wildman–Crippen LogP) is 2.50. The van der Waals surface area contributed by atoms with E-state index in [1.807, 2.05) is 18.2 Å². The molecule has 0 aromatic heterocycles. The first kappa shape index (κ1) is 21.5. The van der Waals surface area contributed by atoms with Gasteiger partial charge in [-0.15, -0.1) is 0 Å². The van der Waals surface area contributed by atoms with Gasteiger partial charge in [-0.2, -0.15) is 0 Å². The number of carbonyl (C=O) groups excluding carboxylic acids is 1. The number of methoxy groups -OCH3 is 2. The average Bonchev–Trinajstić information content (AvgIpc) is 2.69. The van der Waals surface area contributed by atoms with Crippen LogP contribution in [0.1, 0.15) is 32.3 Å². The van der Waals surface area contributed by atoms with E-state index in [-0.39, 0.29) is 5.91 Å². The van der Waals surface area contributed by atoms with Crippen LogP contribution in [-0.4, -0.2) is 63.9 Å². The highest BCUT2D eigenvalue weighted by Gasteiger charge is 2.22. The van der Waals surface area contributed by atoms with Gasteiger partial charge in [-0.05, 0) is 36.5 Å². The monoisotopic (exact) mass is 378 g/mol. The number of amides is 1. The fraction of sp³-hybridized carbons (Fsp3) is 0.667. The highest BCUT2D eigenvalue weighted by molar-refractivity contribution is 5.76. The highest BCUT2D eigenvalue weighted by atomic mass is 16.5. The molecule has 6 heteroatoms. The summed E-state index contributed by atoms with van der Waals surface area (Å²) in [6, 6.07) is 6.16. The number of benzene rings is 1. The molecule has 0 aliphatic carbocycles. The Hall–Kier alpha value is -1.79. The molecular weight excluding hydrogens is 344 g/mol. The third-order valence-electron chi connectivity index (χ3n) is 4.93. The molecule has 1 fully saturated rings. The van der Waals surface area contributed by atoms with E-state index in [9.17, 15) is 4.79 Å². The summed E-state index contributed by atoms with van der Waals surface area (Å²) < 4.78 is 16.0. The lowest BCUT2D eigenvalue weighted by Gasteiger charge is -2.35. The summed E-state index contributed by atoms with van der Waals surface area (Å²) >= 11 is 0. The second kappa shape index (κ2) is 11.1. The van der Waals surface area contributed by atoms with Gasteiger partial charge < -0.3 is 19.5 Å². The van der Waals surface area contributed by atoms with Crippen molar-refractivity contribution in [1.29, 1.82) is 0 Å². The van der Waals surface area contributed by atoms with Crippen molar-refractivity contribution in [2.75, 3.05) is 47.1 Å². The molecule has 2 rings (SSSR count). The van der Waals surface area contributed by atoms with Crippen molar-refractivity contribution < 1.29 is 19.0 Å². The van der Waals surface area contributed by atoms with E-state index < -0.39 is 0 Å². The zero-order valence-electron chi connectivity index (χ0n) is 17.1. The normalized spacial score (nSPS) is 16.2. The van der Waals surface area contributed by atoms with E-state index in [4.69, 9.17) is 14.2 Å². The quantitative estimate of drug-likeness (QED) is 0.678. The number of ether oxygens (including phenoxy) is 3. The summed E-state index contributed by atoms with van der Waals surface area (Å²) in [6.07, 6.45) is 2.22. The van der Waals surface area contributed by atoms with E-state index in [0.717, 1.165) is 38.3 Å². The Bertz CT molecular complexity index is 586. The van der Waals surface area contributed by atoms with Crippen molar-refractivity contribution in [3.63, 3.8) is 0 Å². The fourth-order valence-electron chi connectivity index (χ4n) is 3.46. The van der Waals surface area contributed by atoms with Crippen LogP contribution in [0.4, 0.5) is 0 Å².